The molecular weight excluding hydrogens is 399 g/mol. The Kier molecular flexibility index (Phi) is 6.50. The number of amides is 1. The molecule has 1 saturated heterocycles. The van der Waals surface area contributed by atoms with Crippen LogP contribution < -0.4 is 9.47 Å². The standard InChI is InChI=1S/C24H25FN2O4/c1-29-21-6-2-3-7-22(21)30-16-23(28)27-12-4-5-18(15-27)24-26-14-20(31-24)13-17-8-10-19(25)11-9-17/h2-3,6-11,14,18H,4-5,12-13,15-16H2,1H3/t18-/m0/s1. The van der Waals surface area contributed by atoms with Gasteiger partial charge in [0.2, 0.25) is 0 Å². The molecule has 1 atom stereocenters. The fourth-order valence-electron chi connectivity index (χ4n) is 3.77. The van der Waals surface area contributed by atoms with Gasteiger partial charge in [-0.15, -0.1) is 0 Å². The molecule has 7 heteroatoms. The maximum atomic E-state index is 13.1. The topological polar surface area (TPSA) is 64.8 Å². The summed E-state index contributed by atoms with van der Waals surface area (Å²) in [5.74, 6) is 2.22. The molecule has 0 aliphatic carbocycles. The van der Waals surface area contributed by atoms with Crippen molar-refractivity contribution in [2.24, 2.45) is 0 Å². The predicted octanol–water partition coefficient (Wildman–Crippen LogP) is 4.20. The maximum Gasteiger partial charge on any atom is 0.260 e. The number of halogens is 1. The first-order valence-electron chi connectivity index (χ1n) is 10.3. The molecule has 1 amide bonds. The molecule has 0 saturated carbocycles. The van der Waals surface area contributed by atoms with E-state index < -0.39 is 0 Å². The number of nitrogens with zero attached hydrogens (tertiary/aromatic N) is 2. The molecule has 2 aromatic carbocycles. The summed E-state index contributed by atoms with van der Waals surface area (Å²) >= 11 is 0. The molecular formula is C24H25FN2O4. The lowest BCUT2D eigenvalue weighted by molar-refractivity contribution is -0.134. The van der Waals surface area contributed by atoms with E-state index >= 15 is 0 Å². The summed E-state index contributed by atoms with van der Waals surface area (Å²) in [6, 6.07) is 13.6. The summed E-state index contributed by atoms with van der Waals surface area (Å²) in [4.78, 5) is 18.9. The van der Waals surface area contributed by atoms with Gasteiger partial charge in [-0.3, -0.25) is 4.79 Å². The highest BCUT2D eigenvalue weighted by Crippen LogP contribution is 2.28. The van der Waals surface area contributed by atoms with Crippen LogP contribution in [-0.4, -0.2) is 42.6 Å². The Morgan fingerprint density at radius 2 is 1.97 bits per heavy atom. The summed E-state index contributed by atoms with van der Waals surface area (Å²) in [6.45, 7) is 1.19. The maximum absolute atomic E-state index is 13.1. The zero-order valence-electron chi connectivity index (χ0n) is 17.4. The molecule has 0 radical (unpaired) electrons. The van der Waals surface area contributed by atoms with Gasteiger partial charge in [0, 0.05) is 19.5 Å². The molecule has 0 unspecified atom stereocenters. The van der Waals surface area contributed by atoms with Crippen LogP contribution >= 0.6 is 0 Å². The lowest BCUT2D eigenvalue weighted by Crippen LogP contribution is -2.41. The van der Waals surface area contributed by atoms with Gasteiger partial charge in [-0.2, -0.15) is 0 Å². The molecule has 162 valence electrons. The molecule has 1 aliphatic rings. The smallest absolute Gasteiger partial charge is 0.260 e. The largest absolute Gasteiger partial charge is 0.493 e. The number of piperidine rings is 1. The van der Waals surface area contributed by atoms with Gasteiger partial charge in [0.05, 0.1) is 19.2 Å². The minimum atomic E-state index is -0.260. The SMILES string of the molecule is COc1ccccc1OCC(=O)N1CCC[C@H](c2ncc(Cc3ccc(F)cc3)o2)C1. The average molecular weight is 424 g/mol. The molecule has 0 spiro atoms. The Labute approximate surface area is 180 Å². The van der Waals surface area contributed by atoms with Gasteiger partial charge < -0.3 is 18.8 Å². The number of ether oxygens (including phenoxy) is 2. The predicted molar refractivity (Wildman–Crippen MR) is 113 cm³/mol. The van der Waals surface area contributed by atoms with Crippen molar-refractivity contribution >= 4 is 5.91 Å². The highest BCUT2D eigenvalue weighted by atomic mass is 19.1. The van der Waals surface area contributed by atoms with Crippen LogP contribution in [-0.2, 0) is 11.2 Å². The van der Waals surface area contributed by atoms with E-state index in [4.69, 9.17) is 13.9 Å². The number of hydrogen-bond acceptors (Lipinski definition) is 5. The zero-order valence-corrected chi connectivity index (χ0v) is 17.4. The lowest BCUT2D eigenvalue weighted by Gasteiger charge is -2.31. The molecule has 1 aromatic heterocycles. The Balaban J connectivity index is 1.34. The summed E-state index contributed by atoms with van der Waals surface area (Å²) in [6.07, 6.45) is 4.05. The molecule has 1 aliphatic heterocycles. The number of likely N-dealkylation sites (tertiary alicyclic amines) is 1. The summed E-state index contributed by atoms with van der Waals surface area (Å²) in [7, 11) is 1.57. The van der Waals surface area contributed by atoms with Gasteiger partial charge in [0.25, 0.3) is 5.91 Å². The second-order valence-electron chi connectivity index (χ2n) is 7.59. The molecule has 1 fully saturated rings. The van der Waals surface area contributed by atoms with Gasteiger partial charge >= 0.3 is 0 Å². The third kappa shape index (κ3) is 5.23. The highest BCUT2D eigenvalue weighted by Gasteiger charge is 2.28. The Hall–Kier alpha value is -3.35. The van der Waals surface area contributed by atoms with Crippen LogP contribution in [0.4, 0.5) is 4.39 Å². The van der Waals surface area contributed by atoms with Crippen LogP contribution in [0.1, 0.15) is 36.0 Å². The monoisotopic (exact) mass is 424 g/mol. The molecule has 4 rings (SSSR count). The number of benzene rings is 2. The third-order valence-electron chi connectivity index (χ3n) is 5.41. The van der Waals surface area contributed by atoms with Crippen molar-refractivity contribution in [3.8, 4) is 11.5 Å². The number of aromatic nitrogens is 1. The van der Waals surface area contributed by atoms with Crippen LogP contribution in [0.25, 0.3) is 0 Å². The average Bonchev–Trinajstić information content (AvgIpc) is 3.28. The zero-order chi connectivity index (χ0) is 21.6. The van der Waals surface area contributed by atoms with Crippen molar-refractivity contribution in [1.82, 2.24) is 9.88 Å². The van der Waals surface area contributed by atoms with Crippen molar-refractivity contribution in [3.05, 3.63) is 77.8 Å². The van der Waals surface area contributed by atoms with Crippen molar-refractivity contribution in [3.63, 3.8) is 0 Å². The van der Waals surface area contributed by atoms with Gasteiger partial charge in [-0.1, -0.05) is 24.3 Å². The first-order chi connectivity index (χ1) is 15.1. The van der Waals surface area contributed by atoms with E-state index in [0.29, 0.717) is 36.9 Å². The van der Waals surface area contributed by atoms with E-state index in [0.717, 1.165) is 24.2 Å². The van der Waals surface area contributed by atoms with Crippen LogP contribution in [0, 0.1) is 5.82 Å². The van der Waals surface area contributed by atoms with Crippen molar-refractivity contribution in [2.75, 3.05) is 26.8 Å². The summed E-state index contributed by atoms with van der Waals surface area (Å²) in [5, 5.41) is 0. The van der Waals surface area contributed by atoms with E-state index in [1.165, 1.54) is 12.1 Å². The van der Waals surface area contributed by atoms with Gasteiger partial charge in [-0.25, -0.2) is 9.37 Å². The molecule has 31 heavy (non-hydrogen) atoms. The number of oxazole rings is 1. The van der Waals surface area contributed by atoms with Gasteiger partial charge in [0.1, 0.15) is 11.6 Å². The van der Waals surface area contributed by atoms with E-state index in [-0.39, 0.29) is 24.2 Å². The van der Waals surface area contributed by atoms with Crippen LogP contribution in [0.2, 0.25) is 0 Å². The first-order valence-corrected chi connectivity index (χ1v) is 10.3. The van der Waals surface area contributed by atoms with Crippen LogP contribution in [0.3, 0.4) is 0 Å². The number of carbonyl (C=O) groups is 1. The molecule has 3 aromatic rings. The highest BCUT2D eigenvalue weighted by molar-refractivity contribution is 5.78. The van der Waals surface area contributed by atoms with Crippen LogP contribution in [0.15, 0.2) is 59.1 Å². The second-order valence-corrected chi connectivity index (χ2v) is 7.59. The number of hydrogen-bond donors (Lipinski definition) is 0. The molecule has 0 N–H and O–H groups in total. The lowest BCUT2D eigenvalue weighted by atomic mass is 9.98. The van der Waals surface area contributed by atoms with E-state index in [1.807, 2.05) is 12.1 Å². The fraction of sp³-hybridized carbons (Fsp3) is 0.333. The summed E-state index contributed by atoms with van der Waals surface area (Å²) < 4.78 is 30.0. The van der Waals surface area contributed by atoms with E-state index in [1.54, 1.807) is 42.5 Å². The second kappa shape index (κ2) is 9.64. The number of methoxy groups -OCH3 is 1. The molecule has 2 heterocycles. The fourth-order valence-corrected chi connectivity index (χ4v) is 3.77. The number of para-hydroxylation sites is 2. The number of carbonyl (C=O) groups excluding carboxylic acids is 1. The molecule has 0 bridgehead atoms. The Morgan fingerprint density at radius 1 is 1.19 bits per heavy atom. The minimum absolute atomic E-state index is 0.0471. The van der Waals surface area contributed by atoms with Crippen molar-refractivity contribution in [2.45, 2.75) is 25.2 Å². The van der Waals surface area contributed by atoms with Gasteiger partial charge in [0.15, 0.2) is 24.0 Å². The number of rotatable bonds is 7. The van der Waals surface area contributed by atoms with Crippen LogP contribution in [0.5, 0.6) is 11.5 Å². The van der Waals surface area contributed by atoms with E-state index in [2.05, 4.69) is 4.98 Å². The van der Waals surface area contributed by atoms with Crippen molar-refractivity contribution in [1.29, 1.82) is 0 Å². The Bertz CT molecular complexity index is 1020. The normalized spacial score (nSPS) is 16.2. The quantitative estimate of drug-likeness (QED) is 0.569. The first kappa shape index (κ1) is 20.9. The molecule has 6 nitrogen and oxygen atoms in total. The Morgan fingerprint density at radius 3 is 2.74 bits per heavy atom. The third-order valence-corrected chi connectivity index (χ3v) is 5.41. The van der Waals surface area contributed by atoms with E-state index in [9.17, 15) is 9.18 Å². The summed E-state index contributed by atoms with van der Waals surface area (Å²) in [5.41, 5.74) is 0.957. The van der Waals surface area contributed by atoms with Gasteiger partial charge in [-0.05, 0) is 42.7 Å². The minimum Gasteiger partial charge on any atom is -0.493 e. The van der Waals surface area contributed by atoms with Crippen molar-refractivity contribution < 1.29 is 23.1 Å².